The molecule has 0 aliphatic rings. The molecule has 2 amide bonds. The van der Waals surface area contributed by atoms with E-state index in [9.17, 15) is 9.59 Å². The van der Waals surface area contributed by atoms with E-state index in [0.29, 0.717) is 6.54 Å². The van der Waals surface area contributed by atoms with E-state index in [2.05, 4.69) is 16.0 Å². The van der Waals surface area contributed by atoms with Crippen molar-refractivity contribution in [2.75, 3.05) is 6.54 Å². The zero-order chi connectivity index (χ0) is 20.7. The van der Waals surface area contributed by atoms with Gasteiger partial charge in [-0.3, -0.25) is 9.59 Å². The first kappa shape index (κ1) is 24.9. The molecule has 0 radical (unpaired) electrons. The van der Waals surface area contributed by atoms with Gasteiger partial charge in [0.15, 0.2) is 0 Å². The predicted molar refractivity (Wildman–Crippen MR) is 109 cm³/mol. The van der Waals surface area contributed by atoms with Crippen LogP contribution in [0.15, 0.2) is 0 Å². The molecular weight excluding hydrogens is 328 g/mol. The second-order valence-corrected chi connectivity index (χ2v) is 9.75. The first-order valence-corrected chi connectivity index (χ1v) is 9.78. The molecule has 3 atom stereocenters. The molecule has 0 aliphatic carbocycles. The summed E-state index contributed by atoms with van der Waals surface area (Å²) in [5, 5.41) is 9.36. The van der Waals surface area contributed by atoms with Crippen LogP contribution in [0, 0.1) is 11.8 Å². The first-order valence-electron chi connectivity index (χ1n) is 9.78. The molecule has 0 bridgehead atoms. The topological polar surface area (TPSA) is 96.2 Å². The molecule has 0 fully saturated rings. The van der Waals surface area contributed by atoms with Crippen molar-refractivity contribution in [3.8, 4) is 0 Å². The number of rotatable bonds is 9. The maximum atomic E-state index is 12.9. The maximum absolute atomic E-state index is 12.9. The van der Waals surface area contributed by atoms with E-state index in [4.69, 9.17) is 5.73 Å². The summed E-state index contributed by atoms with van der Waals surface area (Å²) in [6, 6.07) is -0.932. The van der Waals surface area contributed by atoms with Gasteiger partial charge in [-0.15, -0.1) is 0 Å². The van der Waals surface area contributed by atoms with Gasteiger partial charge in [0.05, 0.1) is 6.04 Å². The standard InChI is InChI=1S/C20H42N4O2/c1-13(2)15(23-19(4,5)6)17(25)22-16(14(3)11-10-12-21)18(26)24-20(7,8)9/h13-16,23H,10-12,21H2,1-9H3,(H,22,25)(H,24,26)/t14-,15-,16-/m0/s1. The smallest absolute Gasteiger partial charge is 0.243 e. The lowest BCUT2D eigenvalue weighted by Crippen LogP contribution is -2.60. The van der Waals surface area contributed by atoms with E-state index < -0.39 is 6.04 Å². The molecule has 0 aliphatic heterocycles. The highest BCUT2D eigenvalue weighted by atomic mass is 16.2. The van der Waals surface area contributed by atoms with Crippen molar-refractivity contribution in [3.05, 3.63) is 0 Å². The van der Waals surface area contributed by atoms with Crippen molar-refractivity contribution < 1.29 is 9.59 Å². The molecule has 0 spiro atoms. The van der Waals surface area contributed by atoms with Crippen LogP contribution in [-0.4, -0.2) is 41.5 Å². The van der Waals surface area contributed by atoms with Crippen molar-refractivity contribution in [2.45, 2.75) is 98.3 Å². The summed E-state index contributed by atoms with van der Waals surface area (Å²) < 4.78 is 0. The van der Waals surface area contributed by atoms with E-state index in [1.807, 2.05) is 62.3 Å². The Hall–Kier alpha value is -1.14. The monoisotopic (exact) mass is 370 g/mol. The third kappa shape index (κ3) is 10.1. The van der Waals surface area contributed by atoms with E-state index >= 15 is 0 Å². The van der Waals surface area contributed by atoms with E-state index in [0.717, 1.165) is 12.8 Å². The van der Waals surface area contributed by atoms with Gasteiger partial charge < -0.3 is 21.7 Å². The van der Waals surface area contributed by atoms with Crippen molar-refractivity contribution in [3.63, 3.8) is 0 Å². The summed E-state index contributed by atoms with van der Waals surface area (Å²) in [4.78, 5) is 25.7. The lowest BCUT2D eigenvalue weighted by atomic mass is 9.93. The quantitative estimate of drug-likeness (QED) is 0.500. The summed E-state index contributed by atoms with van der Waals surface area (Å²) in [5.74, 6) is -0.163. The summed E-state index contributed by atoms with van der Waals surface area (Å²) in [6.45, 7) is 18.5. The first-order chi connectivity index (χ1) is 11.7. The van der Waals surface area contributed by atoms with Crippen LogP contribution in [-0.2, 0) is 9.59 Å². The second-order valence-electron chi connectivity index (χ2n) is 9.75. The van der Waals surface area contributed by atoms with Crippen LogP contribution in [0.2, 0.25) is 0 Å². The van der Waals surface area contributed by atoms with Gasteiger partial charge in [0.1, 0.15) is 6.04 Å². The van der Waals surface area contributed by atoms with Gasteiger partial charge in [-0.25, -0.2) is 0 Å². The Kier molecular flexibility index (Phi) is 9.81. The van der Waals surface area contributed by atoms with Crippen molar-refractivity contribution in [2.24, 2.45) is 17.6 Å². The number of nitrogens with two attached hydrogens (primary N) is 1. The van der Waals surface area contributed by atoms with Crippen LogP contribution in [0.25, 0.3) is 0 Å². The van der Waals surface area contributed by atoms with E-state index in [1.54, 1.807) is 0 Å². The lowest BCUT2D eigenvalue weighted by Gasteiger charge is -2.33. The minimum Gasteiger partial charge on any atom is -0.350 e. The average molecular weight is 371 g/mol. The van der Waals surface area contributed by atoms with E-state index in [1.165, 1.54) is 0 Å². The Labute approximate surface area is 160 Å². The molecule has 0 saturated heterocycles. The van der Waals surface area contributed by atoms with Crippen LogP contribution in [0.3, 0.4) is 0 Å². The van der Waals surface area contributed by atoms with E-state index in [-0.39, 0.29) is 40.8 Å². The largest absolute Gasteiger partial charge is 0.350 e. The third-order valence-corrected chi connectivity index (χ3v) is 4.05. The molecule has 0 unspecified atom stereocenters. The Bertz CT molecular complexity index is 450. The molecule has 0 aromatic carbocycles. The molecular formula is C20H42N4O2. The highest BCUT2D eigenvalue weighted by molar-refractivity contribution is 5.90. The van der Waals surface area contributed by atoms with Crippen LogP contribution in [0.1, 0.15) is 75.2 Å². The Morgan fingerprint density at radius 2 is 1.42 bits per heavy atom. The van der Waals surface area contributed by atoms with Crippen LogP contribution in [0.4, 0.5) is 0 Å². The van der Waals surface area contributed by atoms with Crippen LogP contribution < -0.4 is 21.7 Å². The fraction of sp³-hybridized carbons (Fsp3) is 0.900. The Morgan fingerprint density at radius 3 is 1.81 bits per heavy atom. The van der Waals surface area contributed by atoms with Crippen molar-refractivity contribution in [1.82, 2.24) is 16.0 Å². The molecule has 26 heavy (non-hydrogen) atoms. The molecule has 0 aromatic heterocycles. The highest BCUT2D eigenvalue weighted by Crippen LogP contribution is 2.15. The normalized spacial score (nSPS) is 16.1. The van der Waals surface area contributed by atoms with Gasteiger partial charge >= 0.3 is 0 Å². The van der Waals surface area contributed by atoms with Gasteiger partial charge in [-0.2, -0.15) is 0 Å². The number of carbonyl (C=O) groups is 2. The summed E-state index contributed by atoms with van der Waals surface area (Å²) in [7, 11) is 0. The molecule has 0 saturated carbocycles. The minimum atomic E-state index is -0.573. The molecule has 0 aromatic rings. The molecule has 154 valence electrons. The molecule has 5 N–H and O–H groups in total. The summed E-state index contributed by atoms with van der Waals surface area (Å²) in [5.41, 5.74) is 5.07. The second kappa shape index (κ2) is 10.3. The summed E-state index contributed by atoms with van der Waals surface area (Å²) >= 11 is 0. The van der Waals surface area contributed by atoms with Gasteiger partial charge in [-0.1, -0.05) is 20.8 Å². The van der Waals surface area contributed by atoms with Crippen LogP contribution >= 0.6 is 0 Å². The number of carbonyl (C=O) groups excluding carboxylic acids is 2. The predicted octanol–water partition coefficient (Wildman–Crippen LogP) is 2.17. The number of nitrogens with one attached hydrogen (secondary N) is 3. The lowest BCUT2D eigenvalue weighted by molar-refractivity contribution is -0.133. The molecule has 6 heteroatoms. The molecule has 6 nitrogen and oxygen atoms in total. The number of hydrogen-bond acceptors (Lipinski definition) is 4. The number of amides is 2. The highest BCUT2D eigenvalue weighted by Gasteiger charge is 2.33. The van der Waals surface area contributed by atoms with Gasteiger partial charge in [0, 0.05) is 11.1 Å². The zero-order valence-electron chi connectivity index (χ0n) is 18.3. The van der Waals surface area contributed by atoms with Crippen LogP contribution in [0.5, 0.6) is 0 Å². The zero-order valence-corrected chi connectivity index (χ0v) is 18.3. The molecule has 0 rings (SSSR count). The van der Waals surface area contributed by atoms with Gasteiger partial charge in [0.25, 0.3) is 0 Å². The summed E-state index contributed by atoms with van der Waals surface area (Å²) in [6.07, 6.45) is 1.61. The minimum absolute atomic E-state index is 0.00676. The maximum Gasteiger partial charge on any atom is 0.243 e. The average Bonchev–Trinajstić information content (AvgIpc) is 2.44. The Balaban J connectivity index is 5.35. The van der Waals surface area contributed by atoms with Gasteiger partial charge in [-0.05, 0) is 72.8 Å². The van der Waals surface area contributed by atoms with Crippen molar-refractivity contribution >= 4 is 11.8 Å². The van der Waals surface area contributed by atoms with Crippen molar-refractivity contribution in [1.29, 1.82) is 0 Å². The third-order valence-electron chi connectivity index (χ3n) is 4.05. The fourth-order valence-corrected chi connectivity index (χ4v) is 2.76. The molecule has 0 heterocycles. The van der Waals surface area contributed by atoms with Gasteiger partial charge in [0.2, 0.25) is 11.8 Å². The number of hydrogen-bond donors (Lipinski definition) is 4. The fourth-order valence-electron chi connectivity index (χ4n) is 2.76. The SMILES string of the molecule is CC(C)[C@H](NC(C)(C)C)C(=O)N[C@H](C(=O)NC(C)(C)C)[C@@H](C)CCCN. The Morgan fingerprint density at radius 1 is 0.885 bits per heavy atom.